The minimum absolute atomic E-state index is 0.138. The number of aliphatic hydroxyl groups excluding tert-OH is 1. The molecule has 1 amide bonds. The van der Waals surface area contributed by atoms with Gasteiger partial charge in [0.15, 0.2) is 0 Å². The largest absolute Gasteiger partial charge is 0.390 e. The highest BCUT2D eigenvalue weighted by Crippen LogP contribution is 2.32. The fourth-order valence-corrected chi connectivity index (χ4v) is 3.39. The van der Waals surface area contributed by atoms with Crippen LogP contribution in [0.25, 0.3) is 0 Å². The second-order valence-corrected chi connectivity index (χ2v) is 5.97. The summed E-state index contributed by atoms with van der Waals surface area (Å²) >= 11 is 1.54. The zero-order valence-corrected chi connectivity index (χ0v) is 12.6. The van der Waals surface area contributed by atoms with Crippen molar-refractivity contribution in [1.82, 2.24) is 5.32 Å². The van der Waals surface area contributed by atoms with Gasteiger partial charge in [0.05, 0.1) is 17.7 Å². The predicted molar refractivity (Wildman–Crippen MR) is 84.6 cm³/mol. The van der Waals surface area contributed by atoms with Crippen LogP contribution in [0.15, 0.2) is 53.4 Å². The van der Waals surface area contributed by atoms with E-state index in [2.05, 4.69) is 5.32 Å². The highest BCUT2D eigenvalue weighted by Gasteiger charge is 2.32. The standard InChI is InChI=1S/C17H17NO2S/c1-21-15-9-5-4-8-13(15)17(20)18-16-12-7-3-2-6-11(12)10-14(16)19/h2-9,14,16,19H,10H2,1H3,(H,18,20)/t14-,16+/m1/s1. The van der Waals surface area contributed by atoms with Crippen LogP contribution >= 0.6 is 11.8 Å². The first kappa shape index (κ1) is 14.2. The van der Waals surface area contributed by atoms with Crippen molar-refractivity contribution < 1.29 is 9.90 Å². The van der Waals surface area contributed by atoms with Crippen molar-refractivity contribution in [3.05, 3.63) is 65.2 Å². The van der Waals surface area contributed by atoms with Crippen LogP contribution in [0, 0.1) is 0 Å². The molecule has 3 nitrogen and oxygen atoms in total. The number of carbonyl (C=O) groups excluding carboxylic acids is 1. The molecule has 0 radical (unpaired) electrons. The lowest BCUT2D eigenvalue weighted by Gasteiger charge is -2.18. The molecule has 4 heteroatoms. The average molecular weight is 299 g/mol. The molecule has 0 fully saturated rings. The van der Waals surface area contributed by atoms with Crippen LogP contribution in [0.1, 0.15) is 27.5 Å². The normalized spacial score (nSPS) is 20.1. The first-order chi connectivity index (χ1) is 10.2. The number of fused-ring (bicyclic) bond motifs is 1. The summed E-state index contributed by atoms with van der Waals surface area (Å²) in [5.74, 6) is -0.138. The van der Waals surface area contributed by atoms with Gasteiger partial charge in [-0.15, -0.1) is 11.8 Å². The zero-order valence-electron chi connectivity index (χ0n) is 11.7. The van der Waals surface area contributed by atoms with Gasteiger partial charge in [-0.2, -0.15) is 0 Å². The molecule has 0 saturated carbocycles. The van der Waals surface area contributed by atoms with E-state index in [0.29, 0.717) is 12.0 Å². The van der Waals surface area contributed by atoms with E-state index < -0.39 is 6.10 Å². The Kier molecular flexibility index (Phi) is 3.99. The second-order valence-electron chi connectivity index (χ2n) is 5.12. The van der Waals surface area contributed by atoms with Crippen LogP contribution in [0.2, 0.25) is 0 Å². The Morgan fingerprint density at radius 1 is 1.19 bits per heavy atom. The number of thioether (sulfide) groups is 1. The number of benzene rings is 2. The summed E-state index contributed by atoms with van der Waals surface area (Å²) in [6, 6.07) is 15.1. The highest BCUT2D eigenvalue weighted by molar-refractivity contribution is 7.98. The van der Waals surface area contributed by atoms with Gasteiger partial charge in [0.1, 0.15) is 0 Å². The fourth-order valence-electron chi connectivity index (χ4n) is 2.80. The number of nitrogens with one attached hydrogen (secondary N) is 1. The molecule has 21 heavy (non-hydrogen) atoms. The molecule has 0 unspecified atom stereocenters. The Morgan fingerprint density at radius 2 is 1.90 bits per heavy atom. The first-order valence-corrected chi connectivity index (χ1v) is 8.13. The van der Waals surface area contributed by atoms with Crippen molar-refractivity contribution >= 4 is 17.7 Å². The summed E-state index contributed by atoms with van der Waals surface area (Å²) < 4.78 is 0. The number of hydrogen-bond donors (Lipinski definition) is 2. The number of carbonyl (C=O) groups is 1. The number of hydrogen-bond acceptors (Lipinski definition) is 3. The van der Waals surface area contributed by atoms with E-state index in [9.17, 15) is 9.90 Å². The molecule has 1 aliphatic carbocycles. The van der Waals surface area contributed by atoms with Crippen LogP contribution in [0.5, 0.6) is 0 Å². The van der Waals surface area contributed by atoms with Crippen LogP contribution in [0.3, 0.4) is 0 Å². The molecule has 0 saturated heterocycles. The van der Waals surface area contributed by atoms with Gasteiger partial charge in [-0.3, -0.25) is 4.79 Å². The molecular formula is C17H17NO2S. The third-order valence-electron chi connectivity index (χ3n) is 3.84. The number of aliphatic hydroxyl groups is 1. The van der Waals surface area contributed by atoms with Crippen molar-refractivity contribution in [2.45, 2.75) is 23.5 Å². The van der Waals surface area contributed by atoms with Crippen molar-refractivity contribution in [3.8, 4) is 0 Å². The van der Waals surface area contributed by atoms with Crippen molar-refractivity contribution in [3.63, 3.8) is 0 Å². The Hall–Kier alpha value is -1.78. The molecule has 0 aliphatic heterocycles. The third-order valence-corrected chi connectivity index (χ3v) is 4.64. The Bertz CT molecular complexity index is 671. The fraction of sp³-hybridized carbons (Fsp3) is 0.235. The Morgan fingerprint density at radius 3 is 2.71 bits per heavy atom. The zero-order chi connectivity index (χ0) is 14.8. The Balaban J connectivity index is 1.85. The van der Waals surface area contributed by atoms with Gasteiger partial charge < -0.3 is 10.4 Å². The lowest BCUT2D eigenvalue weighted by atomic mass is 10.1. The minimum Gasteiger partial charge on any atom is -0.390 e. The van der Waals surface area contributed by atoms with Gasteiger partial charge >= 0.3 is 0 Å². The van der Waals surface area contributed by atoms with E-state index in [1.807, 2.05) is 54.8 Å². The lowest BCUT2D eigenvalue weighted by molar-refractivity contribution is 0.0855. The SMILES string of the molecule is CSc1ccccc1C(=O)N[C@H]1c2ccccc2C[C@H]1O. The molecule has 2 aromatic rings. The Labute approximate surface area is 128 Å². The van der Waals surface area contributed by atoms with E-state index in [1.54, 1.807) is 11.8 Å². The van der Waals surface area contributed by atoms with Gasteiger partial charge in [-0.1, -0.05) is 36.4 Å². The second kappa shape index (κ2) is 5.92. The summed E-state index contributed by atoms with van der Waals surface area (Å²) in [7, 11) is 0. The molecule has 2 atom stereocenters. The van der Waals surface area contributed by atoms with E-state index in [-0.39, 0.29) is 11.9 Å². The highest BCUT2D eigenvalue weighted by atomic mass is 32.2. The summed E-state index contributed by atoms with van der Waals surface area (Å²) in [5.41, 5.74) is 2.77. The summed E-state index contributed by atoms with van der Waals surface area (Å²) in [4.78, 5) is 13.4. The molecular weight excluding hydrogens is 282 g/mol. The summed E-state index contributed by atoms with van der Waals surface area (Å²) in [6.07, 6.45) is 1.98. The monoisotopic (exact) mass is 299 g/mol. The van der Waals surface area contributed by atoms with Crippen LogP contribution in [-0.2, 0) is 6.42 Å². The maximum absolute atomic E-state index is 12.5. The maximum Gasteiger partial charge on any atom is 0.252 e. The topological polar surface area (TPSA) is 49.3 Å². The van der Waals surface area contributed by atoms with Crippen LogP contribution < -0.4 is 5.32 Å². The van der Waals surface area contributed by atoms with Gasteiger partial charge in [0.25, 0.3) is 5.91 Å². The molecule has 0 aromatic heterocycles. The molecule has 0 heterocycles. The minimum atomic E-state index is -0.562. The first-order valence-electron chi connectivity index (χ1n) is 6.90. The third kappa shape index (κ3) is 2.69. The van der Waals surface area contributed by atoms with Crippen LogP contribution in [0.4, 0.5) is 0 Å². The summed E-state index contributed by atoms with van der Waals surface area (Å²) in [6.45, 7) is 0. The molecule has 2 N–H and O–H groups in total. The van der Waals surface area contributed by atoms with Crippen LogP contribution in [-0.4, -0.2) is 23.4 Å². The van der Waals surface area contributed by atoms with Gasteiger partial charge in [-0.05, 0) is 29.5 Å². The predicted octanol–water partition coefficient (Wildman–Crippen LogP) is 2.80. The molecule has 3 rings (SSSR count). The molecule has 1 aliphatic rings. The summed E-state index contributed by atoms with van der Waals surface area (Å²) in [5, 5.41) is 13.2. The molecule has 108 valence electrons. The van der Waals surface area contributed by atoms with Crippen molar-refractivity contribution in [1.29, 1.82) is 0 Å². The van der Waals surface area contributed by atoms with E-state index in [4.69, 9.17) is 0 Å². The quantitative estimate of drug-likeness (QED) is 0.857. The smallest absolute Gasteiger partial charge is 0.252 e. The van der Waals surface area contributed by atoms with E-state index in [1.165, 1.54) is 0 Å². The van der Waals surface area contributed by atoms with Crippen molar-refractivity contribution in [2.24, 2.45) is 0 Å². The van der Waals surface area contributed by atoms with Gasteiger partial charge in [0, 0.05) is 11.3 Å². The molecule has 2 aromatic carbocycles. The molecule has 0 spiro atoms. The van der Waals surface area contributed by atoms with Crippen molar-refractivity contribution in [2.75, 3.05) is 6.26 Å². The van der Waals surface area contributed by atoms with Gasteiger partial charge in [0.2, 0.25) is 0 Å². The molecule has 0 bridgehead atoms. The number of rotatable bonds is 3. The lowest BCUT2D eigenvalue weighted by Crippen LogP contribution is -2.34. The van der Waals surface area contributed by atoms with E-state index in [0.717, 1.165) is 16.0 Å². The maximum atomic E-state index is 12.5. The van der Waals surface area contributed by atoms with E-state index >= 15 is 0 Å². The average Bonchev–Trinajstić information content (AvgIpc) is 2.83. The van der Waals surface area contributed by atoms with Gasteiger partial charge in [-0.25, -0.2) is 0 Å². The number of amides is 1.